The van der Waals surface area contributed by atoms with Crippen molar-refractivity contribution < 1.29 is 14.7 Å². The van der Waals surface area contributed by atoms with Crippen molar-refractivity contribution >= 4 is 29.2 Å². The lowest BCUT2D eigenvalue weighted by molar-refractivity contribution is -0.140. The molecule has 0 saturated heterocycles. The second-order valence-electron chi connectivity index (χ2n) is 4.45. The fourth-order valence-corrected chi connectivity index (χ4v) is 1.89. The summed E-state index contributed by atoms with van der Waals surface area (Å²) in [5.41, 5.74) is 6.20. The number of carboxylic acids is 1. The molecule has 6 heteroatoms. The second-order valence-corrected chi connectivity index (χ2v) is 4.88. The number of carbonyl (C=O) groups excluding carboxylic acids is 1. The van der Waals surface area contributed by atoms with Gasteiger partial charge in [0.05, 0.1) is 0 Å². The van der Waals surface area contributed by atoms with E-state index in [-0.39, 0.29) is 11.5 Å². The summed E-state index contributed by atoms with van der Waals surface area (Å²) in [5, 5.41) is 11.9. The second kappa shape index (κ2) is 6.43. The number of hydrogen-bond acceptors (Lipinski definition) is 3. The molecule has 4 N–H and O–H groups in total. The summed E-state index contributed by atoms with van der Waals surface area (Å²) < 4.78 is 0. The molecule has 104 valence electrons. The quantitative estimate of drug-likeness (QED) is 0.722. The van der Waals surface area contributed by atoms with Gasteiger partial charge in [0.2, 0.25) is 0 Å². The molecule has 0 aliphatic heterocycles. The smallest absolute Gasteiger partial charge is 0.326 e. The Morgan fingerprint density at radius 3 is 2.53 bits per heavy atom. The Hall–Kier alpha value is -1.75. The highest BCUT2D eigenvalue weighted by Crippen LogP contribution is 2.17. The molecule has 0 spiro atoms. The topological polar surface area (TPSA) is 92.4 Å². The minimum absolute atomic E-state index is 0.169. The first-order valence-electron chi connectivity index (χ1n) is 5.94. The minimum atomic E-state index is -1.06. The first kappa shape index (κ1) is 15.3. The monoisotopic (exact) mass is 284 g/mol. The van der Waals surface area contributed by atoms with Crippen molar-refractivity contribution in [3.63, 3.8) is 0 Å². The Morgan fingerprint density at radius 1 is 1.42 bits per heavy atom. The number of hydrogen-bond donors (Lipinski definition) is 3. The van der Waals surface area contributed by atoms with Gasteiger partial charge in [0.15, 0.2) is 0 Å². The van der Waals surface area contributed by atoms with E-state index < -0.39 is 17.9 Å². The molecular weight excluding hydrogens is 268 g/mol. The molecule has 0 aromatic heterocycles. The van der Waals surface area contributed by atoms with Gasteiger partial charge in [-0.2, -0.15) is 0 Å². The molecule has 2 atom stereocenters. The summed E-state index contributed by atoms with van der Waals surface area (Å²) in [4.78, 5) is 23.1. The van der Waals surface area contributed by atoms with Crippen molar-refractivity contribution in [3.8, 4) is 0 Å². The third-order valence-corrected chi connectivity index (χ3v) is 3.17. The highest BCUT2D eigenvalue weighted by Gasteiger charge is 2.25. The number of nitrogens with two attached hydrogens (primary N) is 1. The summed E-state index contributed by atoms with van der Waals surface area (Å²) in [6, 6.07) is 3.49. The van der Waals surface area contributed by atoms with Gasteiger partial charge in [0.25, 0.3) is 5.91 Å². The van der Waals surface area contributed by atoms with Crippen LogP contribution >= 0.6 is 11.6 Å². The Balaban J connectivity index is 2.90. The maximum Gasteiger partial charge on any atom is 0.326 e. The number of aliphatic carboxylic acids is 1. The fraction of sp³-hybridized carbons (Fsp3) is 0.385. The average Bonchev–Trinajstić information content (AvgIpc) is 2.33. The maximum atomic E-state index is 12.0. The Morgan fingerprint density at radius 2 is 2.05 bits per heavy atom. The fourth-order valence-electron chi connectivity index (χ4n) is 1.65. The van der Waals surface area contributed by atoms with E-state index in [1.54, 1.807) is 6.92 Å². The largest absolute Gasteiger partial charge is 0.480 e. The van der Waals surface area contributed by atoms with Crippen molar-refractivity contribution in [2.75, 3.05) is 5.73 Å². The van der Waals surface area contributed by atoms with Crippen LogP contribution in [0.2, 0.25) is 5.02 Å². The van der Waals surface area contributed by atoms with Crippen LogP contribution in [0.4, 0.5) is 5.69 Å². The van der Waals surface area contributed by atoms with Gasteiger partial charge in [-0.3, -0.25) is 4.79 Å². The van der Waals surface area contributed by atoms with Crippen molar-refractivity contribution in [2.45, 2.75) is 26.3 Å². The summed E-state index contributed by atoms with van der Waals surface area (Å²) in [6.07, 6.45) is 0.648. The number of rotatable bonds is 5. The highest BCUT2D eigenvalue weighted by molar-refractivity contribution is 6.31. The van der Waals surface area contributed by atoms with E-state index in [0.717, 1.165) is 0 Å². The summed E-state index contributed by atoms with van der Waals surface area (Å²) in [6.45, 7) is 3.63. The molecule has 0 aliphatic rings. The van der Waals surface area contributed by atoms with Crippen molar-refractivity contribution in [1.82, 2.24) is 5.32 Å². The SMILES string of the molecule is CC[C@H](C)[C@H](NC(=O)c1cc(N)cc(Cl)c1)C(=O)O. The Kier molecular flexibility index (Phi) is 5.18. The van der Waals surface area contributed by atoms with Gasteiger partial charge in [0, 0.05) is 16.3 Å². The van der Waals surface area contributed by atoms with Crippen LogP contribution in [0.25, 0.3) is 0 Å². The molecule has 0 unspecified atom stereocenters. The van der Waals surface area contributed by atoms with Crippen LogP contribution in [0.15, 0.2) is 18.2 Å². The van der Waals surface area contributed by atoms with Gasteiger partial charge in [-0.1, -0.05) is 31.9 Å². The number of halogens is 1. The molecule has 0 saturated carbocycles. The summed E-state index contributed by atoms with van der Waals surface area (Å²) >= 11 is 5.81. The van der Waals surface area contributed by atoms with Gasteiger partial charge in [-0.25, -0.2) is 4.79 Å². The minimum Gasteiger partial charge on any atom is -0.480 e. The standard InChI is InChI=1S/C13H17ClN2O3/c1-3-7(2)11(13(18)19)16-12(17)8-4-9(14)6-10(15)5-8/h4-7,11H,3,15H2,1-2H3,(H,16,17)(H,18,19)/t7-,11-/m0/s1. The molecule has 19 heavy (non-hydrogen) atoms. The zero-order valence-corrected chi connectivity index (χ0v) is 11.6. The predicted molar refractivity (Wildman–Crippen MR) is 74.2 cm³/mol. The maximum absolute atomic E-state index is 12.0. The zero-order chi connectivity index (χ0) is 14.6. The van der Waals surface area contributed by atoms with Gasteiger partial charge in [-0.15, -0.1) is 0 Å². The van der Waals surface area contributed by atoms with Gasteiger partial charge >= 0.3 is 5.97 Å². The Bertz CT molecular complexity index is 471. The molecular formula is C13H17ClN2O3. The molecule has 1 amide bonds. The van der Waals surface area contributed by atoms with E-state index in [0.29, 0.717) is 17.1 Å². The molecule has 0 bridgehead atoms. The lowest BCUT2D eigenvalue weighted by Gasteiger charge is -2.20. The number of anilines is 1. The number of nitrogens with one attached hydrogen (secondary N) is 1. The molecule has 1 aromatic carbocycles. The number of carbonyl (C=O) groups is 2. The van der Waals surface area contributed by atoms with Crippen LogP contribution in [0.3, 0.4) is 0 Å². The molecule has 1 rings (SSSR count). The van der Waals surface area contributed by atoms with Gasteiger partial charge < -0.3 is 16.2 Å². The van der Waals surface area contributed by atoms with Crippen LogP contribution in [-0.4, -0.2) is 23.0 Å². The first-order chi connectivity index (χ1) is 8.85. The van der Waals surface area contributed by atoms with Crippen LogP contribution in [-0.2, 0) is 4.79 Å². The molecule has 0 aliphatic carbocycles. The summed E-state index contributed by atoms with van der Waals surface area (Å²) in [7, 11) is 0. The van der Waals surface area contributed by atoms with Crippen LogP contribution in [0, 0.1) is 5.92 Å². The van der Waals surface area contributed by atoms with Crippen LogP contribution in [0.1, 0.15) is 30.6 Å². The van der Waals surface area contributed by atoms with E-state index in [1.807, 2.05) is 6.92 Å². The molecule has 0 heterocycles. The molecule has 0 radical (unpaired) electrons. The number of amides is 1. The van der Waals surface area contributed by atoms with E-state index in [2.05, 4.69) is 5.32 Å². The third kappa shape index (κ3) is 4.13. The van der Waals surface area contributed by atoms with Crippen molar-refractivity contribution in [3.05, 3.63) is 28.8 Å². The van der Waals surface area contributed by atoms with Crippen LogP contribution < -0.4 is 11.1 Å². The average molecular weight is 285 g/mol. The van der Waals surface area contributed by atoms with Crippen molar-refractivity contribution in [1.29, 1.82) is 0 Å². The Labute approximate surface area is 116 Å². The number of benzene rings is 1. The lowest BCUT2D eigenvalue weighted by Crippen LogP contribution is -2.45. The number of carboxylic acid groups (broad SMARTS) is 1. The third-order valence-electron chi connectivity index (χ3n) is 2.95. The predicted octanol–water partition coefficient (Wildman–Crippen LogP) is 2.15. The van der Waals surface area contributed by atoms with E-state index in [4.69, 9.17) is 22.4 Å². The van der Waals surface area contributed by atoms with Gasteiger partial charge in [-0.05, 0) is 24.1 Å². The molecule has 1 aromatic rings. The zero-order valence-electron chi connectivity index (χ0n) is 10.8. The summed E-state index contributed by atoms with van der Waals surface area (Å²) in [5.74, 6) is -1.72. The van der Waals surface area contributed by atoms with Gasteiger partial charge in [0.1, 0.15) is 6.04 Å². The van der Waals surface area contributed by atoms with Crippen LogP contribution in [0.5, 0.6) is 0 Å². The highest BCUT2D eigenvalue weighted by atomic mass is 35.5. The number of nitrogen functional groups attached to an aromatic ring is 1. The first-order valence-corrected chi connectivity index (χ1v) is 6.32. The normalized spacial score (nSPS) is 13.6. The molecule has 0 fully saturated rings. The van der Waals surface area contributed by atoms with Crippen molar-refractivity contribution in [2.24, 2.45) is 5.92 Å². The van der Waals surface area contributed by atoms with E-state index >= 15 is 0 Å². The lowest BCUT2D eigenvalue weighted by atomic mass is 9.99. The van der Waals surface area contributed by atoms with E-state index in [9.17, 15) is 9.59 Å². The molecule has 5 nitrogen and oxygen atoms in total. The van der Waals surface area contributed by atoms with E-state index in [1.165, 1.54) is 18.2 Å².